The number of carbonyl (C=O) groups excluding carboxylic acids is 1. The summed E-state index contributed by atoms with van der Waals surface area (Å²) in [6, 6.07) is 6.98. The highest BCUT2D eigenvalue weighted by atomic mass is 19.4. The second kappa shape index (κ2) is 6.53. The molecule has 2 N–H and O–H groups in total. The predicted molar refractivity (Wildman–Crippen MR) is 78.8 cm³/mol. The number of aromatic nitrogens is 1. The number of aromatic carboxylic acids is 1. The summed E-state index contributed by atoms with van der Waals surface area (Å²) in [7, 11) is 0. The van der Waals surface area contributed by atoms with E-state index in [0.29, 0.717) is 11.6 Å². The molecule has 24 heavy (non-hydrogen) atoms. The average Bonchev–Trinajstić information content (AvgIpc) is 2.52. The molecule has 1 aromatic carbocycles. The summed E-state index contributed by atoms with van der Waals surface area (Å²) in [5.74, 6) is -1.87. The van der Waals surface area contributed by atoms with Gasteiger partial charge in [-0.05, 0) is 35.9 Å². The number of aromatic amines is 1. The van der Waals surface area contributed by atoms with Crippen LogP contribution in [0.25, 0.3) is 6.08 Å². The van der Waals surface area contributed by atoms with Gasteiger partial charge in [0.1, 0.15) is 5.69 Å². The van der Waals surface area contributed by atoms with Crippen molar-refractivity contribution < 1.29 is 27.9 Å². The lowest BCUT2D eigenvalue weighted by Gasteiger charge is -2.06. The molecule has 124 valence electrons. The molecular formula is C16H10F3NO4. The summed E-state index contributed by atoms with van der Waals surface area (Å²) >= 11 is 0. The lowest BCUT2D eigenvalue weighted by atomic mass is 10.1. The smallest absolute Gasteiger partial charge is 0.431 e. The Labute approximate surface area is 133 Å². The maximum Gasteiger partial charge on any atom is 0.431 e. The molecule has 8 heteroatoms. The van der Waals surface area contributed by atoms with Crippen LogP contribution in [0.5, 0.6) is 0 Å². The van der Waals surface area contributed by atoms with Crippen LogP contribution >= 0.6 is 0 Å². The zero-order valence-electron chi connectivity index (χ0n) is 11.9. The van der Waals surface area contributed by atoms with Gasteiger partial charge in [0.25, 0.3) is 5.56 Å². The van der Waals surface area contributed by atoms with Crippen molar-refractivity contribution in [1.82, 2.24) is 4.98 Å². The van der Waals surface area contributed by atoms with Gasteiger partial charge in [0, 0.05) is 0 Å². The summed E-state index contributed by atoms with van der Waals surface area (Å²) in [5.41, 5.74) is -2.24. The fourth-order valence-corrected chi connectivity index (χ4v) is 1.83. The third kappa shape index (κ3) is 3.97. The van der Waals surface area contributed by atoms with Crippen LogP contribution in [0.3, 0.4) is 0 Å². The molecule has 0 aliphatic carbocycles. The molecule has 0 saturated heterocycles. The van der Waals surface area contributed by atoms with Gasteiger partial charge in [0.15, 0.2) is 5.78 Å². The monoisotopic (exact) mass is 337 g/mol. The summed E-state index contributed by atoms with van der Waals surface area (Å²) in [6.07, 6.45) is -2.36. The van der Waals surface area contributed by atoms with E-state index in [4.69, 9.17) is 5.11 Å². The number of hydrogen-bond acceptors (Lipinski definition) is 3. The Morgan fingerprint density at radius 1 is 1.04 bits per heavy atom. The van der Waals surface area contributed by atoms with Crippen LogP contribution in [-0.2, 0) is 6.18 Å². The fraction of sp³-hybridized carbons (Fsp3) is 0.0625. The van der Waals surface area contributed by atoms with Crippen molar-refractivity contribution in [3.8, 4) is 0 Å². The zero-order valence-corrected chi connectivity index (χ0v) is 11.9. The van der Waals surface area contributed by atoms with E-state index in [1.807, 2.05) is 0 Å². The van der Waals surface area contributed by atoms with E-state index >= 15 is 0 Å². The molecule has 0 atom stereocenters. The molecule has 0 fully saturated rings. The molecule has 0 radical (unpaired) electrons. The lowest BCUT2D eigenvalue weighted by molar-refractivity contribution is -0.141. The summed E-state index contributed by atoms with van der Waals surface area (Å²) in [5, 5.41) is 8.76. The number of pyridine rings is 1. The van der Waals surface area contributed by atoms with Crippen LogP contribution in [0.15, 0.2) is 47.3 Å². The van der Waals surface area contributed by atoms with Crippen LogP contribution in [0.2, 0.25) is 0 Å². The predicted octanol–water partition coefficient (Wildman–Crippen LogP) is 2.99. The summed E-state index contributed by atoms with van der Waals surface area (Å²) in [4.78, 5) is 35.8. The van der Waals surface area contributed by atoms with E-state index in [1.54, 1.807) is 4.98 Å². The number of nitrogens with one attached hydrogen (secondary N) is 1. The summed E-state index contributed by atoms with van der Waals surface area (Å²) < 4.78 is 37.3. The highest BCUT2D eigenvalue weighted by molar-refractivity contribution is 6.06. The normalized spacial score (nSPS) is 11.6. The van der Waals surface area contributed by atoms with Crippen LogP contribution in [0, 0.1) is 0 Å². The first-order valence-corrected chi connectivity index (χ1v) is 6.55. The molecule has 0 saturated carbocycles. The van der Waals surface area contributed by atoms with E-state index in [2.05, 4.69) is 0 Å². The zero-order chi connectivity index (χ0) is 17.9. The molecule has 0 bridgehead atoms. The van der Waals surface area contributed by atoms with Gasteiger partial charge in [-0.2, -0.15) is 13.2 Å². The quantitative estimate of drug-likeness (QED) is 0.663. The minimum atomic E-state index is -4.71. The van der Waals surface area contributed by atoms with Crippen molar-refractivity contribution in [2.75, 3.05) is 0 Å². The number of rotatable bonds is 4. The molecule has 1 aromatic heterocycles. The minimum absolute atomic E-state index is 0.0673. The van der Waals surface area contributed by atoms with Gasteiger partial charge in [0.05, 0.1) is 11.1 Å². The molecule has 5 nitrogen and oxygen atoms in total. The number of hydrogen-bond donors (Lipinski definition) is 2. The van der Waals surface area contributed by atoms with Crippen molar-refractivity contribution in [2.24, 2.45) is 0 Å². The molecule has 1 heterocycles. The van der Waals surface area contributed by atoms with Crippen molar-refractivity contribution in [1.29, 1.82) is 0 Å². The third-order valence-electron chi connectivity index (χ3n) is 3.07. The Kier molecular flexibility index (Phi) is 4.68. The Morgan fingerprint density at radius 2 is 1.67 bits per heavy atom. The number of carboxylic acid groups (broad SMARTS) is 1. The molecule has 2 rings (SSSR count). The van der Waals surface area contributed by atoms with Gasteiger partial charge < -0.3 is 10.1 Å². The first-order valence-electron chi connectivity index (χ1n) is 6.55. The first kappa shape index (κ1) is 17.2. The van der Waals surface area contributed by atoms with Gasteiger partial charge in [-0.1, -0.05) is 18.2 Å². The van der Waals surface area contributed by atoms with Gasteiger partial charge in [-0.15, -0.1) is 0 Å². The second-order valence-corrected chi connectivity index (χ2v) is 4.74. The van der Waals surface area contributed by atoms with Gasteiger partial charge in [-0.3, -0.25) is 9.59 Å². The van der Waals surface area contributed by atoms with Crippen molar-refractivity contribution >= 4 is 17.8 Å². The number of H-pyrrole nitrogens is 1. The molecule has 2 aromatic rings. The SMILES string of the molecule is O=C(O)c1ccc(C=CC(=O)c2ccc(C(F)(F)F)[nH]c2=O)cc1. The maximum absolute atomic E-state index is 12.4. The minimum Gasteiger partial charge on any atom is -0.478 e. The lowest BCUT2D eigenvalue weighted by Crippen LogP contribution is -2.21. The molecule has 0 amide bonds. The van der Waals surface area contributed by atoms with E-state index in [-0.39, 0.29) is 5.56 Å². The van der Waals surface area contributed by atoms with Crippen LogP contribution in [-0.4, -0.2) is 21.8 Å². The number of carboxylic acids is 1. The summed E-state index contributed by atoms with van der Waals surface area (Å²) in [6.45, 7) is 0. The third-order valence-corrected chi connectivity index (χ3v) is 3.07. The standard InChI is InChI=1S/C16H10F3NO4/c17-16(18,19)13-8-6-11(14(22)20-13)12(21)7-3-9-1-4-10(5-2-9)15(23)24/h1-8H,(H,20,22)(H,23,24). The Balaban J connectivity index is 2.20. The topological polar surface area (TPSA) is 87.2 Å². The van der Waals surface area contributed by atoms with E-state index in [1.165, 1.54) is 30.3 Å². The molecule has 0 aliphatic rings. The fourth-order valence-electron chi connectivity index (χ4n) is 1.83. The number of carbonyl (C=O) groups is 2. The first-order chi connectivity index (χ1) is 11.2. The number of halogens is 3. The Hall–Kier alpha value is -3.16. The highest BCUT2D eigenvalue weighted by Crippen LogP contribution is 2.26. The number of alkyl halides is 3. The highest BCUT2D eigenvalue weighted by Gasteiger charge is 2.32. The molecule has 0 unspecified atom stereocenters. The van der Waals surface area contributed by atoms with Gasteiger partial charge in [0.2, 0.25) is 0 Å². The van der Waals surface area contributed by atoms with Crippen LogP contribution < -0.4 is 5.56 Å². The number of benzene rings is 1. The van der Waals surface area contributed by atoms with E-state index in [9.17, 15) is 27.6 Å². The maximum atomic E-state index is 12.4. The largest absolute Gasteiger partial charge is 0.478 e. The van der Waals surface area contributed by atoms with Crippen LogP contribution in [0.1, 0.15) is 32.0 Å². The average molecular weight is 337 g/mol. The number of ketones is 1. The van der Waals surface area contributed by atoms with Gasteiger partial charge >= 0.3 is 12.1 Å². The van der Waals surface area contributed by atoms with Crippen molar-refractivity contribution in [2.45, 2.75) is 6.18 Å². The Bertz CT molecular complexity index is 864. The van der Waals surface area contributed by atoms with Crippen molar-refractivity contribution in [3.05, 3.63) is 75.2 Å². The van der Waals surface area contributed by atoms with Gasteiger partial charge in [-0.25, -0.2) is 4.79 Å². The molecule has 0 aliphatic heterocycles. The van der Waals surface area contributed by atoms with Crippen LogP contribution in [0.4, 0.5) is 13.2 Å². The Morgan fingerprint density at radius 3 is 2.17 bits per heavy atom. The van der Waals surface area contributed by atoms with Crippen molar-refractivity contribution in [3.63, 3.8) is 0 Å². The number of allylic oxidation sites excluding steroid dienone is 1. The van der Waals surface area contributed by atoms with E-state index in [0.717, 1.165) is 12.1 Å². The molecular weight excluding hydrogens is 327 g/mol. The van der Waals surface area contributed by atoms with E-state index < -0.39 is 34.7 Å². The molecule has 0 spiro atoms. The second-order valence-electron chi connectivity index (χ2n) is 4.74.